The molecule has 184 valence electrons. The Kier molecular flexibility index (Phi) is 9.09. The molecule has 3 fully saturated rings. The summed E-state index contributed by atoms with van der Waals surface area (Å²) < 4.78 is 12.8. The van der Waals surface area contributed by atoms with Gasteiger partial charge in [0.25, 0.3) is 0 Å². The smallest absolute Gasteiger partial charge is 0.310 e. The SMILES string of the molecule is CCC(C)C1(OC(=O)C2CCCCC2C(=O)OC2(C(C)CC)CCCCC2)CCCCC1. The highest BCUT2D eigenvalue weighted by molar-refractivity contribution is 5.82. The molecule has 0 heterocycles. The van der Waals surface area contributed by atoms with E-state index in [0.717, 1.165) is 89.9 Å². The standard InChI is InChI=1S/C28H48O4/c1-5-21(3)27(17-11-7-12-18-27)31-25(29)23-15-9-10-16-24(23)26(30)32-28(22(4)6-2)19-13-8-14-20-28/h21-24H,5-20H2,1-4H3. The quantitative estimate of drug-likeness (QED) is 0.364. The van der Waals surface area contributed by atoms with Crippen LogP contribution in [0.5, 0.6) is 0 Å². The molecule has 3 aliphatic rings. The first-order chi connectivity index (χ1) is 15.4. The summed E-state index contributed by atoms with van der Waals surface area (Å²) in [6, 6.07) is 0. The van der Waals surface area contributed by atoms with E-state index >= 15 is 0 Å². The van der Waals surface area contributed by atoms with Crippen LogP contribution >= 0.6 is 0 Å². The summed E-state index contributed by atoms with van der Waals surface area (Å²) >= 11 is 0. The van der Waals surface area contributed by atoms with Crippen molar-refractivity contribution in [3.63, 3.8) is 0 Å². The van der Waals surface area contributed by atoms with Crippen molar-refractivity contribution in [3.05, 3.63) is 0 Å². The maximum absolute atomic E-state index is 13.5. The van der Waals surface area contributed by atoms with Gasteiger partial charge in [-0.3, -0.25) is 9.59 Å². The summed E-state index contributed by atoms with van der Waals surface area (Å²) in [5, 5.41) is 0. The molecule has 0 aromatic carbocycles. The fourth-order valence-corrected chi connectivity index (χ4v) is 6.68. The van der Waals surface area contributed by atoms with Crippen LogP contribution in [0.1, 0.15) is 130 Å². The molecule has 0 spiro atoms. The van der Waals surface area contributed by atoms with Crippen molar-refractivity contribution in [2.24, 2.45) is 23.7 Å². The van der Waals surface area contributed by atoms with Crippen molar-refractivity contribution >= 4 is 11.9 Å². The largest absolute Gasteiger partial charge is 0.459 e. The van der Waals surface area contributed by atoms with Crippen molar-refractivity contribution < 1.29 is 19.1 Å². The van der Waals surface area contributed by atoms with Crippen molar-refractivity contribution in [2.45, 2.75) is 142 Å². The zero-order valence-electron chi connectivity index (χ0n) is 21.3. The molecular formula is C28H48O4. The molecule has 4 atom stereocenters. The van der Waals surface area contributed by atoms with Crippen LogP contribution in [0, 0.1) is 23.7 Å². The van der Waals surface area contributed by atoms with Crippen molar-refractivity contribution in [3.8, 4) is 0 Å². The minimum Gasteiger partial charge on any atom is -0.459 e. The molecule has 0 aromatic rings. The third-order valence-electron chi connectivity index (χ3n) is 9.40. The molecule has 32 heavy (non-hydrogen) atoms. The second kappa shape index (κ2) is 11.4. The zero-order chi connectivity index (χ0) is 23.2. The fourth-order valence-electron chi connectivity index (χ4n) is 6.68. The first-order valence-corrected chi connectivity index (χ1v) is 13.8. The molecule has 3 aliphatic carbocycles. The first-order valence-electron chi connectivity index (χ1n) is 13.8. The molecule has 0 aromatic heterocycles. The maximum atomic E-state index is 13.5. The second-order valence-electron chi connectivity index (χ2n) is 11.2. The van der Waals surface area contributed by atoms with E-state index in [9.17, 15) is 9.59 Å². The monoisotopic (exact) mass is 448 g/mol. The van der Waals surface area contributed by atoms with E-state index in [2.05, 4.69) is 27.7 Å². The lowest BCUT2D eigenvalue weighted by Gasteiger charge is -2.44. The van der Waals surface area contributed by atoms with Gasteiger partial charge in [0.2, 0.25) is 0 Å². The van der Waals surface area contributed by atoms with Crippen molar-refractivity contribution in [1.82, 2.24) is 0 Å². The Balaban J connectivity index is 1.74. The molecule has 3 saturated carbocycles. The van der Waals surface area contributed by atoms with Gasteiger partial charge in [0, 0.05) is 0 Å². The highest BCUT2D eigenvalue weighted by atomic mass is 16.6. The van der Waals surface area contributed by atoms with Crippen molar-refractivity contribution in [2.75, 3.05) is 0 Å². The van der Waals surface area contributed by atoms with Gasteiger partial charge in [0.1, 0.15) is 11.2 Å². The van der Waals surface area contributed by atoms with Gasteiger partial charge in [-0.25, -0.2) is 0 Å². The zero-order valence-corrected chi connectivity index (χ0v) is 21.3. The number of carbonyl (C=O) groups excluding carboxylic acids is 2. The van der Waals surface area contributed by atoms with Gasteiger partial charge >= 0.3 is 11.9 Å². The summed E-state index contributed by atoms with van der Waals surface area (Å²) in [5.41, 5.74) is -0.672. The number of carbonyl (C=O) groups is 2. The highest BCUT2D eigenvalue weighted by Gasteiger charge is 2.47. The molecule has 4 heteroatoms. The number of esters is 2. The van der Waals surface area contributed by atoms with Gasteiger partial charge in [0.05, 0.1) is 11.8 Å². The predicted octanol–water partition coefficient (Wildman–Crippen LogP) is 7.38. The lowest BCUT2D eigenvalue weighted by Crippen LogP contribution is -2.48. The van der Waals surface area contributed by atoms with Crippen LogP contribution in [0.3, 0.4) is 0 Å². The van der Waals surface area contributed by atoms with Gasteiger partial charge in [-0.2, -0.15) is 0 Å². The van der Waals surface area contributed by atoms with Gasteiger partial charge in [-0.15, -0.1) is 0 Å². The Hall–Kier alpha value is -1.06. The topological polar surface area (TPSA) is 52.6 Å². The van der Waals surface area contributed by atoms with E-state index in [1.165, 1.54) is 12.8 Å². The first kappa shape index (κ1) is 25.6. The van der Waals surface area contributed by atoms with Gasteiger partial charge in [0.15, 0.2) is 0 Å². The minimum absolute atomic E-state index is 0.130. The molecule has 0 saturated heterocycles. The maximum Gasteiger partial charge on any atom is 0.310 e. The Morgan fingerprint density at radius 3 is 1.31 bits per heavy atom. The Labute approximate surface area is 196 Å². The number of rotatable bonds is 8. The Morgan fingerprint density at radius 2 is 1.00 bits per heavy atom. The molecule has 4 unspecified atom stereocenters. The van der Waals surface area contributed by atoms with Crippen LogP contribution in [0.2, 0.25) is 0 Å². The van der Waals surface area contributed by atoms with Crippen LogP contribution in [-0.2, 0) is 19.1 Å². The molecule has 0 amide bonds. The average Bonchev–Trinajstić information content (AvgIpc) is 2.84. The normalized spacial score (nSPS) is 29.5. The van der Waals surface area contributed by atoms with Crippen LogP contribution in [-0.4, -0.2) is 23.1 Å². The van der Waals surface area contributed by atoms with Crippen LogP contribution in [0.15, 0.2) is 0 Å². The number of ether oxygens (including phenoxy) is 2. The van der Waals surface area contributed by atoms with E-state index in [1.54, 1.807) is 0 Å². The van der Waals surface area contributed by atoms with Crippen LogP contribution in [0.25, 0.3) is 0 Å². The molecule has 3 rings (SSSR count). The molecule has 0 aliphatic heterocycles. The Bertz CT molecular complexity index is 561. The van der Waals surface area contributed by atoms with Gasteiger partial charge in [-0.05, 0) is 88.9 Å². The van der Waals surface area contributed by atoms with E-state index in [0.29, 0.717) is 11.8 Å². The van der Waals surface area contributed by atoms with Crippen molar-refractivity contribution in [1.29, 1.82) is 0 Å². The van der Waals surface area contributed by atoms with E-state index in [-0.39, 0.29) is 35.0 Å². The molecular weight excluding hydrogens is 400 g/mol. The Morgan fingerprint density at radius 1 is 0.656 bits per heavy atom. The minimum atomic E-state index is -0.336. The lowest BCUT2D eigenvalue weighted by atomic mass is 9.74. The summed E-state index contributed by atoms with van der Waals surface area (Å²) in [6.07, 6.45) is 16.4. The third kappa shape index (κ3) is 5.53. The molecule has 0 radical (unpaired) electrons. The van der Waals surface area contributed by atoms with Crippen LogP contribution in [0.4, 0.5) is 0 Å². The third-order valence-corrected chi connectivity index (χ3v) is 9.40. The predicted molar refractivity (Wildman–Crippen MR) is 128 cm³/mol. The molecule has 0 N–H and O–H groups in total. The number of hydrogen-bond donors (Lipinski definition) is 0. The fraction of sp³-hybridized carbons (Fsp3) is 0.929. The van der Waals surface area contributed by atoms with Gasteiger partial charge < -0.3 is 9.47 Å². The molecule has 0 bridgehead atoms. The molecule has 4 nitrogen and oxygen atoms in total. The summed E-state index contributed by atoms with van der Waals surface area (Å²) in [4.78, 5) is 27.1. The van der Waals surface area contributed by atoms with Gasteiger partial charge in [-0.1, -0.05) is 53.4 Å². The van der Waals surface area contributed by atoms with E-state index in [1.807, 2.05) is 0 Å². The van der Waals surface area contributed by atoms with E-state index in [4.69, 9.17) is 9.47 Å². The van der Waals surface area contributed by atoms with Crippen LogP contribution < -0.4 is 0 Å². The average molecular weight is 449 g/mol. The summed E-state index contributed by atoms with van der Waals surface area (Å²) in [6.45, 7) is 8.83. The summed E-state index contributed by atoms with van der Waals surface area (Å²) in [5.74, 6) is -0.216. The van der Waals surface area contributed by atoms with E-state index < -0.39 is 0 Å². The summed E-state index contributed by atoms with van der Waals surface area (Å²) in [7, 11) is 0. The lowest BCUT2D eigenvalue weighted by molar-refractivity contribution is -0.190. The number of hydrogen-bond acceptors (Lipinski definition) is 4. The highest BCUT2D eigenvalue weighted by Crippen LogP contribution is 2.44. The second-order valence-corrected chi connectivity index (χ2v) is 11.2.